The second kappa shape index (κ2) is 11.0. The number of guanidine groups is 1. The lowest BCUT2D eigenvalue weighted by atomic mass is 10.4. The maximum Gasteiger partial charge on any atom is 0.208 e. The van der Waals surface area contributed by atoms with Crippen LogP contribution in [0.25, 0.3) is 0 Å². The lowest BCUT2D eigenvalue weighted by Gasteiger charge is -2.11. The molecule has 0 spiro atoms. The molecule has 114 valence electrons. The summed E-state index contributed by atoms with van der Waals surface area (Å²) >= 11 is 0. The zero-order valence-corrected chi connectivity index (χ0v) is 12.8. The molecule has 0 atom stereocenters. The van der Waals surface area contributed by atoms with Crippen molar-refractivity contribution in [2.75, 3.05) is 46.2 Å². The third kappa shape index (κ3) is 13.4. The van der Waals surface area contributed by atoms with E-state index in [4.69, 9.17) is 4.74 Å². The average molecular weight is 294 g/mol. The number of ether oxygens (including phenoxy) is 1. The summed E-state index contributed by atoms with van der Waals surface area (Å²) in [4.78, 5) is 4.37. The smallest absolute Gasteiger partial charge is 0.208 e. The Morgan fingerprint density at radius 3 is 2.53 bits per heavy atom. The first-order valence-electron chi connectivity index (χ1n) is 6.45. The normalized spacial score (nSPS) is 12.5. The molecule has 0 bridgehead atoms. The summed E-state index contributed by atoms with van der Waals surface area (Å²) in [6.07, 6.45) is 2.74. The highest BCUT2D eigenvalue weighted by Gasteiger charge is 2.00. The van der Waals surface area contributed by atoms with Gasteiger partial charge in [-0.05, 0) is 19.8 Å². The van der Waals surface area contributed by atoms with Crippen LogP contribution in [0.1, 0.15) is 19.8 Å². The van der Waals surface area contributed by atoms with Crippen molar-refractivity contribution in [1.82, 2.24) is 15.4 Å². The molecule has 8 heteroatoms. The maximum absolute atomic E-state index is 10.9. The van der Waals surface area contributed by atoms with Gasteiger partial charge in [0.05, 0.1) is 6.26 Å². The van der Waals surface area contributed by atoms with E-state index < -0.39 is 10.0 Å². The van der Waals surface area contributed by atoms with Gasteiger partial charge in [-0.3, -0.25) is 4.99 Å². The van der Waals surface area contributed by atoms with Crippen LogP contribution in [0.4, 0.5) is 0 Å². The lowest BCUT2D eigenvalue weighted by Crippen LogP contribution is -2.38. The van der Waals surface area contributed by atoms with Gasteiger partial charge in [-0.1, -0.05) is 0 Å². The van der Waals surface area contributed by atoms with Gasteiger partial charge in [0, 0.05) is 39.9 Å². The fourth-order valence-electron chi connectivity index (χ4n) is 1.29. The molecule has 0 aromatic rings. The van der Waals surface area contributed by atoms with Crippen molar-refractivity contribution in [1.29, 1.82) is 0 Å². The van der Waals surface area contributed by atoms with E-state index >= 15 is 0 Å². The Balaban J connectivity index is 3.81. The van der Waals surface area contributed by atoms with Gasteiger partial charge in [0.1, 0.15) is 0 Å². The Kier molecular flexibility index (Phi) is 10.5. The molecule has 0 rings (SSSR count). The number of rotatable bonds is 10. The van der Waals surface area contributed by atoms with E-state index in [9.17, 15) is 8.42 Å². The summed E-state index contributed by atoms with van der Waals surface area (Å²) in [6, 6.07) is 0. The molecule has 0 saturated carbocycles. The Bertz CT molecular complexity index is 344. The van der Waals surface area contributed by atoms with Gasteiger partial charge < -0.3 is 15.4 Å². The minimum absolute atomic E-state index is 0.426. The standard InChI is InChI=1S/C11H26N4O3S/c1-4-12-11(14-8-6-10-18-2)13-7-5-9-15-19(3,16)17/h15H,4-10H2,1-3H3,(H2,12,13,14). The molecule has 3 N–H and O–H groups in total. The van der Waals surface area contributed by atoms with Gasteiger partial charge in [0.2, 0.25) is 10.0 Å². The third-order valence-electron chi connectivity index (χ3n) is 2.13. The zero-order chi connectivity index (χ0) is 14.6. The monoisotopic (exact) mass is 294 g/mol. The molecular weight excluding hydrogens is 268 g/mol. The Morgan fingerprint density at radius 1 is 1.21 bits per heavy atom. The van der Waals surface area contributed by atoms with E-state index in [2.05, 4.69) is 20.3 Å². The van der Waals surface area contributed by atoms with Gasteiger partial charge in [0.25, 0.3) is 0 Å². The molecule has 0 heterocycles. The van der Waals surface area contributed by atoms with Gasteiger partial charge in [-0.2, -0.15) is 0 Å². The number of hydrogen-bond donors (Lipinski definition) is 3. The molecule has 0 aromatic carbocycles. The molecule has 0 aromatic heterocycles. The Morgan fingerprint density at radius 2 is 1.95 bits per heavy atom. The molecule has 0 amide bonds. The summed E-state index contributed by atoms with van der Waals surface area (Å²) < 4.78 is 29.1. The molecule has 0 aliphatic carbocycles. The van der Waals surface area contributed by atoms with E-state index in [-0.39, 0.29) is 0 Å². The van der Waals surface area contributed by atoms with E-state index in [1.165, 1.54) is 0 Å². The number of nitrogens with one attached hydrogen (secondary N) is 3. The summed E-state index contributed by atoms with van der Waals surface area (Å²) in [5.41, 5.74) is 0. The average Bonchev–Trinajstić information content (AvgIpc) is 2.32. The van der Waals surface area contributed by atoms with Crippen LogP contribution in [0, 0.1) is 0 Å². The second-order valence-corrected chi connectivity index (χ2v) is 5.89. The van der Waals surface area contributed by atoms with Crippen LogP contribution in [-0.2, 0) is 14.8 Å². The molecule has 0 unspecified atom stereocenters. The van der Waals surface area contributed by atoms with Crippen LogP contribution >= 0.6 is 0 Å². The topological polar surface area (TPSA) is 91.8 Å². The molecule has 0 aliphatic heterocycles. The predicted octanol–water partition coefficient (Wildman–Crippen LogP) is -0.483. The molecule has 7 nitrogen and oxygen atoms in total. The summed E-state index contributed by atoms with van der Waals surface area (Å²) in [5.74, 6) is 0.748. The van der Waals surface area contributed by atoms with Crippen molar-refractivity contribution < 1.29 is 13.2 Å². The quantitative estimate of drug-likeness (QED) is 0.287. The van der Waals surface area contributed by atoms with Crippen molar-refractivity contribution in [3.8, 4) is 0 Å². The van der Waals surface area contributed by atoms with Crippen molar-refractivity contribution in [2.24, 2.45) is 4.99 Å². The highest BCUT2D eigenvalue weighted by atomic mass is 32.2. The first-order chi connectivity index (χ1) is 8.99. The highest BCUT2D eigenvalue weighted by Crippen LogP contribution is 1.84. The maximum atomic E-state index is 10.9. The van der Waals surface area contributed by atoms with E-state index in [1.54, 1.807) is 7.11 Å². The molecule has 0 radical (unpaired) electrons. The summed E-state index contributed by atoms with van der Waals surface area (Å²) in [5, 5.41) is 6.27. The van der Waals surface area contributed by atoms with E-state index in [0.29, 0.717) is 32.7 Å². The van der Waals surface area contributed by atoms with Crippen molar-refractivity contribution in [3.63, 3.8) is 0 Å². The number of sulfonamides is 1. The van der Waals surface area contributed by atoms with E-state index in [1.807, 2.05) is 6.92 Å². The van der Waals surface area contributed by atoms with Crippen LogP contribution in [0.15, 0.2) is 4.99 Å². The van der Waals surface area contributed by atoms with Crippen LogP contribution in [-0.4, -0.2) is 60.5 Å². The van der Waals surface area contributed by atoms with Gasteiger partial charge in [-0.25, -0.2) is 13.1 Å². The third-order valence-corrected chi connectivity index (χ3v) is 2.86. The fourth-order valence-corrected chi connectivity index (χ4v) is 1.81. The molecule has 0 fully saturated rings. The number of aliphatic imine (C=N–C) groups is 1. The SMILES string of the molecule is CCNC(=NCCCOC)NCCCNS(C)(=O)=O. The molecular formula is C11H26N4O3S. The number of methoxy groups -OCH3 is 1. The first-order valence-corrected chi connectivity index (χ1v) is 8.34. The minimum Gasteiger partial charge on any atom is -0.385 e. The first kappa shape index (κ1) is 18.1. The lowest BCUT2D eigenvalue weighted by molar-refractivity contribution is 0.197. The van der Waals surface area contributed by atoms with Gasteiger partial charge >= 0.3 is 0 Å². The summed E-state index contributed by atoms with van der Waals surface area (Å²) in [6.45, 7) is 5.27. The van der Waals surface area contributed by atoms with Crippen LogP contribution in [0.3, 0.4) is 0 Å². The highest BCUT2D eigenvalue weighted by molar-refractivity contribution is 7.88. The van der Waals surface area contributed by atoms with Crippen LogP contribution in [0.2, 0.25) is 0 Å². The fraction of sp³-hybridized carbons (Fsp3) is 0.909. The van der Waals surface area contributed by atoms with Crippen LogP contribution in [0.5, 0.6) is 0 Å². The van der Waals surface area contributed by atoms with Crippen molar-refractivity contribution >= 4 is 16.0 Å². The predicted molar refractivity (Wildman–Crippen MR) is 77.9 cm³/mol. The Hall–Kier alpha value is -0.860. The molecule has 19 heavy (non-hydrogen) atoms. The van der Waals surface area contributed by atoms with Crippen molar-refractivity contribution in [3.05, 3.63) is 0 Å². The number of hydrogen-bond acceptors (Lipinski definition) is 4. The summed E-state index contributed by atoms with van der Waals surface area (Å²) in [7, 11) is -1.42. The van der Waals surface area contributed by atoms with Gasteiger partial charge in [0.15, 0.2) is 5.96 Å². The Labute approximate surface area is 116 Å². The largest absolute Gasteiger partial charge is 0.385 e. The minimum atomic E-state index is -3.09. The molecule has 0 saturated heterocycles. The van der Waals surface area contributed by atoms with Gasteiger partial charge in [-0.15, -0.1) is 0 Å². The molecule has 0 aliphatic rings. The van der Waals surface area contributed by atoms with Crippen molar-refractivity contribution in [2.45, 2.75) is 19.8 Å². The van der Waals surface area contributed by atoms with Crippen LogP contribution < -0.4 is 15.4 Å². The zero-order valence-electron chi connectivity index (χ0n) is 12.0. The second-order valence-electron chi connectivity index (χ2n) is 4.05. The number of nitrogens with zero attached hydrogens (tertiary/aromatic N) is 1. The van der Waals surface area contributed by atoms with E-state index in [0.717, 1.165) is 25.2 Å².